The summed E-state index contributed by atoms with van der Waals surface area (Å²) in [7, 11) is 0. The third-order valence-corrected chi connectivity index (χ3v) is 2.33. The summed E-state index contributed by atoms with van der Waals surface area (Å²) in [5.74, 6) is 0. The van der Waals surface area contributed by atoms with Crippen LogP contribution in [0.3, 0.4) is 0 Å². The maximum Gasteiger partial charge on any atom is 0.294 e. The highest BCUT2D eigenvalue weighted by Gasteiger charge is 2.07. The van der Waals surface area contributed by atoms with Crippen molar-refractivity contribution in [3.05, 3.63) is 34.5 Å². The van der Waals surface area contributed by atoms with Gasteiger partial charge in [-0.2, -0.15) is 0 Å². The number of thiophene rings is 1. The minimum atomic E-state index is -0.215. The first kappa shape index (κ1) is 9.00. The largest absolute Gasteiger partial charge is 0.455 e. The first-order chi connectivity index (χ1) is 5.88. The van der Waals surface area contributed by atoms with E-state index < -0.39 is 0 Å². The van der Waals surface area contributed by atoms with Gasteiger partial charge < -0.3 is 4.74 Å². The standard InChI is InChI=1S/C9H10O2S/c1-2-4-8(11-7-10)9-5-3-6-12-9/h2-8H,1H3. The average molecular weight is 182 g/mol. The fraction of sp³-hybridized carbons (Fsp3) is 0.222. The fourth-order valence-electron chi connectivity index (χ4n) is 0.895. The second-order valence-corrected chi connectivity index (χ2v) is 3.17. The van der Waals surface area contributed by atoms with E-state index >= 15 is 0 Å². The summed E-state index contributed by atoms with van der Waals surface area (Å²) in [6.45, 7) is 2.37. The normalized spacial score (nSPS) is 13.1. The van der Waals surface area contributed by atoms with Gasteiger partial charge in [0.1, 0.15) is 0 Å². The molecule has 0 spiro atoms. The van der Waals surface area contributed by atoms with Crippen LogP contribution in [0.25, 0.3) is 0 Å². The van der Waals surface area contributed by atoms with Gasteiger partial charge >= 0.3 is 0 Å². The quantitative estimate of drug-likeness (QED) is 0.528. The lowest BCUT2D eigenvalue weighted by atomic mass is 10.3. The van der Waals surface area contributed by atoms with Crippen molar-refractivity contribution in [2.24, 2.45) is 0 Å². The third kappa shape index (κ3) is 2.20. The van der Waals surface area contributed by atoms with Crippen LogP contribution in [0.15, 0.2) is 29.7 Å². The minimum absolute atomic E-state index is 0.215. The summed E-state index contributed by atoms with van der Waals surface area (Å²) in [6.07, 6.45) is 3.50. The van der Waals surface area contributed by atoms with E-state index in [4.69, 9.17) is 4.74 Å². The number of allylic oxidation sites excluding steroid dienone is 1. The first-order valence-electron chi connectivity index (χ1n) is 3.63. The number of hydrogen-bond acceptors (Lipinski definition) is 3. The van der Waals surface area contributed by atoms with Crippen LogP contribution in [-0.2, 0) is 9.53 Å². The molecule has 0 aliphatic heterocycles. The summed E-state index contributed by atoms with van der Waals surface area (Å²) < 4.78 is 4.87. The van der Waals surface area contributed by atoms with E-state index in [1.165, 1.54) is 0 Å². The van der Waals surface area contributed by atoms with Gasteiger partial charge in [0.15, 0.2) is 6.10 Å². The van der Waals surface area contributed by atoms with E-state index in [1.807, 2.05) is 36.6 Å². The van der Waals surface area contributed by atoms with E-state index in [9.17, 15) is 4.79 Å². The molecule has 1 heterocycles. The average Bonchev–Trinajstić information content (AvgIpc) is 2.56. The molecule has 0 N–H and O–H groups in total. The van der Waals surface area contributed by atoms with Crippen LogP contribution in [0.4, 0.5) is 0 Å². The molecule has 64 valence electrons. The maximum absolute atomic E-state index is 10.1. The molecule has 0 aliphatic rings. The van der Waals surface area contributed by atoms with Gasteiger partial charge in [0.2, 0.25) is 0 Å². The molecule has 3 heteroatoms. The highest BCUT2D eigenvalue weighted by atomic mass is 32.1. The molecule has 0 aromatic carbocycles. The van der Waals surface area contributed by atoms with E-state index in [-0.39, 0.29) is 6.10 Å². The highest BCUT2D eigenvalue weighted by molar-refractivity contribution is 7.10. The molecule has 0 saturated carbocycles. The van der Waals surface area contributed by atoms with Crippen LogP contribution >= 0.6 is 11.3 Å². The Kier molecular flexibility index (Phi) is 3.54. The van der Waals surface area contributed by atoms with Crippen molar-refractivity contribution in [2.75, 3.05) is 0 Å². The van der Waals surface area contributed by atoms with Crippen LogP contribution in [-0.4, -0.2) is 6.47 Å². The van der Waals surface area contributed by atoms with Crippen LogP contribution < -0.4 is 0 Å². The monoisotopic (exact) mass is 182 g/mol. The van der Waals surface area contributed by atoms with Gasteiger partial charge in [-0.25, -0.2) is 0 Å². The highest BCUT2D eigenvalue weighted by Crippen LogP contribution is 2.22. The zero-order chi connectivity index (χ0) is 8.81. The SMILES string of the molecule is CC=CC(OC=O)c1cccs1. The van der Waals surface area contributed by atoms with Crippen molar-refractivity contribution in [2.45, 2.75) is 13.0 Å². The zero-order valence-corrected chi connectivity index (χ0v) is 7.58. The van der Waals surface area contributed by atoms with Crippen molar-refractivity contribution in [1.82, 2.24) is 0 Å². The van der Waals surface area contributed by atoms with E-state index in [2.05, 4.69) is 0 Å². The van der Waals surface area contributed by atoms with Crippen LogP contribution in [0.5, 0.6) is 0 Å². The Hall–Kier alpha value is -1.09. The molecule has 1 aromatic rings. The van der Waals surface area contributed by atoms with Crippen LogP contribution in [0, 0.1) is 0 Å². The summed E-state index contributed by atoms with van der Waals surface area (Å²) in [5.41, 5.74) is 0. The number of carbonyl (C=O) groups excluding carboxylic acids is 1. The minimum Gasteiger partial charge on any atom is -0.455 e. The molecule has 1 unspecified atom stereocenters. The third-order valence-electron chi connectivity index (χ3n) is 1.39. The molecule has 0 amide bonds. The van der Waals surface area contributed by atoms with E-state index in [0.717, 1.165) is 4.88 Å². The number of carbonyl (C=O) groups is 1. The maximum atomic E-state index is 10.1. The van der Waals surface area contributed by atoms with Crippen LogP contribution in [0.2, 0.25) is 0 Å². The van der Waals surface area contributed by atoms with Gasteiger partial charge in [-0.15, -0.1) is 11.3 Å². The Morgan fingerprint density at radius 1 is 1.67 bits per heavy atom. The molecule has 0 bridgehead atoms. The molecule has 0 aliphatic carbocycles. The smallest absolute Gasteiger partial charge is 0.294 e. The zero-order valence-electron chi connectivity index (χ0n) is 6.77. The lowest BCUT2D eigenvalue weighted by Gasteiger charge is -2.06. The van der Waals surface area contributed by atoms with Gasteiger partial charge in [-0.05, 0) is 24.4 Å². The van der Waals surface area contributed by atoms with Gasteiger partial charge in [-0.3, -0.25) is 4.79 Å². The molecular formula is C9H10O2S. The Morgan fingerprint density at radius 3 is 3.00 bits per heavy atom. The van der Waals surface area contributed by atoms with Crippen molar-refractivity contribution in [3.63, 3.8) is 0 Å². The Bertz CT molecular complexity index is 252. The van der Waals surface area contributed by atoms with Crippen molar-refractivity contribution in [3.8, 4) is 0 Å². The fourth-order valence-corrected chi connectivity index (χ4v) is 1.63. The molecule has 1 rings (SSSR count). The van der Waals surface area contributed by atoms with Crippen LogP contribution in [0.1, 0.15) is 17.9 Å². The lowest BCUT2D eigenvalue weighted by Crippen LogP contribution is -1.96. The van der Waals surface area contributed by atoms with Crippen molar-refractivity contribution >= 4 is 17.8 Å². The topological polar surface area (TPSA) is 26.3 Å². The molecular weight excluding hydrogens is 172 g/mol. The first-order valence-corrected chi connectivity index (χ1v) is 4.51. The molecule has 12 heavy (non-hydrogen) atoms. The molecule has 0 radical (unpaired) electrons. The van der Waals surface area contributed by atoms with Crippen molar-refractivity contribution in [1.29, 1.82) is 0 Å². The number of rotatable bonds is 4. The number of hydrogen-bond donors (Lipinski definition) is 0. The van der Waals surface area contributed by atoms with Gasteiger partial charge in [0.05, 0.1) is 0 Å². The Labute approximate surface area is 75.5 Å². The van der Waals surface area contributed by atoms with E-state index in [0.29, 0.717) is 6.47 Å². The predicted octanol–water partition coefficient (Wildman–Crippen LogP) is 2.54. The molecule has 0 saturated heterocycles. The Balaban J connectivity index is 2.72. The summed E-state index contributed by atoms with van der Waals surface area (Å²) in [4.78, 5) is 11.2. The van der Waals surface area contributed by atoms with E-state index in [1.54, 1.807) is 11.3 Å². The molecule has 1 aromatic heterocycles. The van der Waals surface area contributed by atoms with Gasteiger partial charge in [0, 0.05) is 4.88 Å². The molecule has 0 fully saturated rings. The summed E-state index contributed by atoms with van der Waals surface area (Å²) in [5, 5.41) is 1.96. The predicted molar refractivity (Wildman–Crippen MR) is 49.0 cm³/mol. The second kappa shape index (κ2) is 4.72. The van der Waals surface area contributed by atoms with Gasteiger partial charge in [-0.1, -0.05) is 12.1 Å². The van der Waals surface area contributed by atoms with Crippen molar-refractivity contribution < 1.29 is 9.53 Å². The Morgan fingerprint density at radius 2 is 2.50 bits per heavy atom. The molecule has 2 nitrogen and oxygen atoms in total. The second-order valence-electron chi connectivity index (χ2n) is 2.19. The summed E-state index contributed by atoms with van der Waals surface area (Å²) in [6, 6.07) is 3.88. The molecule has 1 atom stereocenters. The summed E-state index contributed by atoms with van der Waals surface area (Å²) >= 11 is 1.58. The van der Waals surface area contributed by atoms with Gasteiger partial charge in [0.25, 0.3) is 6.47 Å². The lowest BCUT2D eigenvalue weighted by molar-refractivity contribution is -0.131. The number of ether oxygens (including phenoxy) is 1.